The molecule has 0 atom stereocenters. The Kier molecular flexibility index (Phi) is 6.22. The largest absolute Gasteiger partial charge is 0.341 e. The SMILES string of the molecule is CN(Cc1cn(-c2ccccc2)nc1-c1ccccc1)C(=O)Cc1ccc(S(N)(=O)=O)s1. The predicted octanol–water partition coefficient (Wildman–Crippen LogP) is 3.45. The first kappa shape index (κ1) is 21.9. The molecule has 1 amide bonds. The summed E-state index contributed by atoms with van der Waals surface area (Å²) in [6.45, 7) is 0.364. The molecule has 0 unspecified atom stereocenters. The van der Waals surface area contributed by atoms with Crippen molar-refractivity contribution in [3.05, 3.63) is 89.4 Å². The third kappa shape index (κ3) is 4.96. The average molecular weight is 467 g/mol. The van der Waals surface area contributed by atoms with Gasteiger partial charge in [0.05, 0.1) is 17.8 Å². The summed E-state index contributed by atoms with van der Waals surface area (Å²) < 4.78 is 24.8. The molecule has 2 N–H and O–H groups in total. The molecule has 0 fully saturated rings. The van der Waals surface area contributed by atoms with E-state index in [0.29, 0.717) is 11.4 Å². The molecule has 2 aromatic heterocycles. The van der Waals surface area contributed by atoms with Crippen LogP contribution in [0.1, 0.15) is 10.4 Å². The van der Waals surface area contributed by atoms with Crippen LogP contribution in [0.2, 0.25) is 0 Å². The van der Waals surface area contributed by atoms with Crippen molar-refractivity contribution in [3.8, 4) is 16.9 Å². The van der Waals surface area contributed by atoms with E-state index >= 15 is 0 Å². The number of likely N-dealkylation sites (N-methyl/N-ethyl adjacent to an activating group) is 1. The molecule has 0 saturated heterocycles. The fraction of sp³-hybridized carbons (Fsp3) is 0.130. The van der Waals surface area contributed by atoms with Gasteiger partial charge in [0, 0.05) is 35.8 Å². The first-order valence-electron chi connectivity index (χ1n) is 9.86. The Bertz CT molecular complexity index is 1330. The number of hydrogen-bond acceptors (Lipinski definition) is 5. The lowest BCUT2D eigenvalue weighted by molar-refractivity contribution is -0.129. The van der Waals surface area contributed by atoms with Crippen molar-refractivity contribution in [2.75, 3.05) is 7.05 Å². The molecule has 0 saturated carbocycles. The number of thiophene rings is 1. The smallest absolute Gasteiger partial charge is 0.247 e. The highest BCUT2D eigenvalue weighted by Gasteiger charge is 2.19. The number of para-hydroxylation sites is 1. The normalized spacial score (nSPS) is 11.4. The maximum atomic E-state index is 12.8. The van der Waals surface area contributed by atoms with Crippen molar-refractivity contribution >= 4 is 27.3 Å². The highest BCUT2D eigenvalue weighted by molar-refractivity contribution is 7.91. The number of nitrogens with two attached hydrogens (primary N) is 1. The van der Waals surface area contributed by atoms with E-state index in [2.05, 4.69) is 0 Å². The third-order valence-corrected chi connectivity index (χ3v) is 7.46. The Morgan fingerprint density at radius 1 is 1.03 bits per heavy atom. The van der Waals surface area contributed by atoms with E-state index in [-0.39, 0.29) is 16.5 Å². The topological polar surface area (TPSA) is 98.3 Å². The minimum atomic E-state index is -3.76. The number of carbonyl (C=O) groups is 1. The molecule has 0 spiro atoms. The van der Waals surface area contributed by atoms with Crippen LogP contribution in [0.15, 0.2) is 83.2 Å². The molecule has 7 nitrogen and oxygen atoms in total. The van der Waals surface area contributed by atoms with Gasteiger partial charge in [0.1, 0.15) is 4.21 Å². The number of primary sulfonamides is 1. The summed E-state index contributed by atoms with van der Waals surface area (Å²) in [4.78, 5) is 15.1. The van der Waals surface area contributed by atoms with Crippen molar-refractivity contribution in [1.29, 1.82) is 0 Å². The van der Waals surface area contributed by atoms with Gasteiger partial charge in [-0.2, -0.15) is 5.10 Å². The quantitative estimate of drug-likeness (QED) is 0.451. The van der Waals surface area contributed by atoms with Gasteiger partial charge in [-0.05, 0) is 24.3 Å². The second kappa shape index (κ2) is 9.07. The summed E-state index contributed by atoms with van der Waals surface area (Å²) >= 11 is 1.02. The van der Waals surface area contributed by atoms with Crippen LogP contribution in [-0.4, -0.2) is 36.1 Å². The van der Waals surface area contributed by atoms with Crippen LogP contribution in [-0.2, 0) is 27.8 Å². The first-order valence-corrected chi connectivity index (χ1v) is 12.2. The van der Waals surface area contributed by atoms with Crippen LogP contribution >= 0.6 is 11.3 Å². The fourth-order valence-electron chi connectivity index (χ4n) is 3.31. The molecule has 0 aliphatic rings. The van der Waals surface area contributed by atoms with Gasteiger partial charge in [-0.3, -0.25) is 4.79 Å². The van der Waals surface area contributed by atoms with Crippen molar-refractivity contribution in [1.82, 2.24) is 14.7 Å². The average Bonchev–Trinajstić information content (AvgIpc) is 3.42. The zero-order valence-corrected chi connectivity index (χ0v) is 19.0. The van der Waals surface area contributed by atoms with Crippen LogP contribution in [0.25, 0.3) is 16.9 Å². The first-order chi connectivity index (χ1) is 15.3. The summed E-state index contributed by atoms with van der Waals surface area (Å²) in [6, 6.07) is 22.7. The lowest BCUT2D eigenvalue weighted by Crippen LogP contribution is -2.27. The van der Waals surface area contributed by atoms with Crippen molar-refractivity contribution in [2.24, 2.45) is 5.14 Å². The number of aromatic nitrogens is 2. The Labute approximate surface area is 190 Å². The van der Waals surface area contributed by atoms with Gasteiger partial charge >= 0.3 is 0 Å². The Balaban J connectivity index is 1.58. The van der Waals surface area contributed by atoms with Crippen molar-refractivity contribution in [3.63, 3.8) is 0 Å². The number of sulfonamides is 1. The summed E-state index contributed by atoms with van der Waals surface area (Å²) in [7, 11) is -2.04. The zero-order chi connectivity index (χ0) is 22.7. The molecule has 32 heavy (non-hydrogen) atoms. The van der Waals surface area contributed by atoms with Gasteiger partial charge in [0.15, 0.2) is 0 Å². The van der Waals surface area contributed by atoms with E-state index < -0.39 is 10.0 Å². The van der Waals surface area contributed by atoms with Crippen LogP contribution < -0.4 is 5.14 Å². The molecule has 2 heterocycles. The van der Waals surface area contributed by atoms with Gasteiger partial charge in [-0.15, -0.1) is 11.3 Å². The van der Waals surface area contributed by atoms with Crippen LogP contribution in [0.5, 0.6) is 0 Å². The van der Waals surface area contributed by atoms with Gasteiger partial charge in [0.25, 0.3) is 0 Å². The van der Waals surface area contributed by atoms with E-state index in [9.17, 15) is 13.2 Å². The minimum absolute atomic E-state index is 0.0541. The second-order valence-corrected chi connectivity index (χ2v) is 10.3. The maximum absolute atomic E-state index is 12.8. The number of carbonyl (C=O) groups excluding carboxylic acids is 1. The molecular weight excluding hydrogens is 444 g/mol. The minimum Gasteiger partial charge on any atom is -0.341 e. The lowest BCUT2D eigenvalue weighted by Gasteiger charge is -2.16. The van der Waals surface area contributed by atoms with Crippen LogP contribution in [0.4, 0.5) is 0 Å². The Morgan fingerprint density at radius 2 is 1.69 bits per heavy atom. The third-order valence-electron chi connectivity index (χ3n) is 4.93. The standard InChI is InChI=1S/C23H22N4O3S2/c1-26(21(28)14-20-12-13-22(31-20)32(24,29)30)15-18-16-27(19-10-6-3-7-11-19)25-23(18)17-8-4-2-5-9-17/h2-13,16H,14-15H2,1H3,(H2,24,29,30). The van der Waals surface area contributed by atoms with Gasteiger partial charge in [0.2, 0.25) is 15.9 Å². The van der Waals surface area contributed by atoms with Crippen LogP contribution in [0.3, 0.4) is 0 Å². The summed E-state index contributed by atoms with van der Waals surface area (Å²) in [5.41, 5.74) is 3.61. The highest BCUT2D eigenvalue weighted by atomic mass is 32.2. The monoisotopic (exact) mass is 466 g/mol. The number of benzene rings is 2. The molecule has 164 valence electrons. The number of nitrogens with zero attached hydrogens (tertiary/aromatic N) is 3. The molecule has 0 radical (unpaired) electrons. The van der Waals surface area contributed by atoms with Gasteiger partial charge in [-0.25, -0.2) is 18.2 Å². The summed E-state index contributed by atoms with van der Waals surface area (Å²) in [6.07, 6.45) is 2.04. The van der Waals surface area contributed by atoms with Crippen molar-refractivity contribution in [2.45, 2.75) is 17.2 Å². The molecule has 0 bridgehead atoms. The summed E-state index contributed by atoms with van der Waals surface area (Å²) in [5, 5.41) is 9.94. The number of hydrogen-bond donors (Lipinski definition) is 1. The van der Waals surface area contributed by atoms with Crippen molar-refractivity contribution < 1.29 is 13.2 Å². The molecule has 2 aromatic carbocycles. The Morgan fingerprint density at radius 3 is 2.31 bits per heavy atom. The molecule has 4 rings (SSSR count). The molecule has 0 aliphatic heterocycles. The van der Waals surface area contributed by atoms with E-state index in [4.69, 9.17) is 10.2 Å². The van der Waals surface area contributed by atoms with E-state index in [1.54, 1.807) is 18.0 Å². The Hall–Kier alpha value is -3.27. The lowest BCUT2D eigenvalue weighted by atomic mass is 10.1. The molecular formula is C23H22N4O3S2. The molecule has 9 heteroatoms. The summed E-state index contributed by atoms with van der Waals surface area (Å²) in [5.74, 6) is -0.126. The van der Waals surface area contributed by atoms with Gasteiger partial charge < -0.3 is 4.90 Å². The molecule has 0 aliphatic carbocycles. The maximum Gasteiger partial charge on any atom is 0.247 e. The van der Waals surface area contributed by atoms with Crippen LogP contribution in [0, 0.1) is 0 Å². The highest BCUT2D eigenvalue weighted by Crippen LogP contribution is 2.25. The van der Waals surface area contributed by atoms with E-state index in [1.165, 1.54) is 6.07 Å². The number of amides is 1. The van der Waals surface area contributed by atoms with E-state index in [1.807, 2.05) is 71.5 Å². The zero-order valence-electron chi connectivity index (χ0n) is 17.4. The predicted molar refractivity (Wildman–Crippen MR) is 125 cm³/mol. The number of rotatable bonds is 7. The second-order valence-electron chi connectivity index (χ2n) is 7.34. The van der Waals surface area contributed by atoms with E-state index in [0.717, 1.165) is 33.8 Å². The fourth-order valence-corrected chi connectivity index (χ4v) is 5.08. The molecule has 4 aromatic rings. The van der Waals surface area contributed by atoms with Gasteiger partial charge in [-0.1, -0.05) is 48.5 Å².